The maximum Gasteiger partial charge on any atom is 0.176 e. The minimum atomic E-state index is 0.295. The number of hydrogen-bond acceptors (Lipinski definition) is 3. The molecule has 0 atom stereocenters. The summed E-state index contributed by atoms with van der Waals surface area (Å²) in [6.07, 6.45) is 4.97. The van der Waals surface area contributed by atoms with Crippen LogP contribution in [0.3, 0.4) is 0 Å². The van der Waals surface area contributed by atoms with Crippen molar-refractivity contribution in [1.82, 2.24) is 14.5 Å². The van der Waals surface area contributed by atoms with Crippen LogP contribution in [-0.2, 0) is 0 Å². The Labute approximate surface area is 74.0 Å². The van der Waals surface area contributed by atoms with E-state index in [1.54, 1.807) is 17.0 Å². The third-order valence-corrected chi connectivity index (χ3v) is 1.78. The van der Waals surface area contributed by atoms with E-state index < -0.39 is 0 Å². The Bertz CT molecular complexity index is 434. The third-order valence-electron chi connectivity index (χ3n) is 1.59. The van der Waals surface area contributed by atoms with Crippen molar-refractivity contribution >= 4 is 28.4 Å². The van der Waals surface area contributed by atoms with Gasteiger partial charge in [-0.25, -0.2) is 9.97 Å². The van der Waals surface area contributed by atoms with Gasteiger partial charge < -0.3 is 5.73 Å². The molecular formula is C7H6N4S. The van der Waals surface area contributed by atoms with E-state index in [2.05, 4.69) is 9.97 Å². The molecule has 5 heteroatoms. The highest BCUT2D eigenvalue weighted by Crippen LogP contribution is 2.09. The molecule has 0 unspecified atom stereocenters. The van der Waals surface area contributed by atoms with Crippen molar-refractivity contribution in [2.75, 3.05) is 0 Å². The van der Waals surface area contributed by atoms with E-state index in [0.717, 1.165) is 11.0 Å². The smallest absolute Gasteiger partial charge is 0.176 e. The molecule has 0 spiro atoms. The molecule has 2 aromatic rings. The van der Waals surface area contributed by atoms with Crippen LogP contribution in [0.15, 0.2) is 24.8 Å². The number of nitrogens with two attached hydrogens (primary N) is 1. The molecule has 4 nitrogen and oxygen atoms in total. The van der Waals surface area contributed by atoms with Crippen LogP contribution in [0.25, 0.3) is 11.0 Å². The molecule has 0 amide bonds. The first-order chi connectivity index (χ1) is 5.79. The molecule has 60 valence electrons. The summed E-state index contributed by atoms with van der Waals surface area (Å²) in [5.41, 5.74) is 6.21. The topological polar surface area (TPSA) is 56.7 Å². The minimum Gasteiger partial charge on any atom is -0.376 e. The Morgan fingerprint density at radius 1 is 1.58 bits per heavy atom. The zero-order valence-corrected chi connectivity index (χ0v) is 6.95. The van der Waals surface area contributed by atoms with Crippen molar-refractivity contribution in [3.05, 3.63) is 24.8 Å². The van der Waals surface area contributed by atoms with Gasteiger partial charge >= 0.3 is 0 Å². The van der Waals surface area contributed by atoms with Gasteiger partial charge in [0.15, 0.2) is 5.11 Å². The lowest BCUT2D eigenvalue weighted by Gasteiger charge is -1.98. The van der Waals surface area contributed by atoms with E-state index in [-0.39, 0.29) is 0 Å². The lowest BCUT2D eigenvalue weighted by Crippen LogP contribution is -2.18. The van der Waals surface area contributed by atoms with Crippen LogP contribution >= 0.6 is 12.2 Å². The maximum atomic E-state index is 5.46. The quantitative estimate of drug-likeness (QED) is 0.598. The summed E-state index contributed by atoms with van der Waals surface area (Å²) in [5.74, 6) is 0. The van der Waals surface area contributed by atoms with Gasteiger partial charge in [0, 0.05) is 17.8 Å². The van der Waals surface area contributed by atoms with Gasteiger partial charge in [-0.15, -0.1) is 0 Å². The van der Waals surface area contributed by atoms with Crippen LogP contribution in [0.5, 0.6) is 0 Å². The molecule has 0 aliphatic carbocycles. The summed E-state index contributed by atoms with van der Waals surface area (Å²) in [6.45, 7) is 0. The maximum absolute atomic E-state index is 5.46. The van der Waals surface area contributed by atoms with Gasteiger partial charge in [0.1, 0.15) is 12.0 Å². The standard InChI is InChI=1S/C7H6N4S/c8-7(12)11-2-1-5-3-9-4-10-6(5)11/h1-4H,(H2,8,12). The number of aromatic nitrogens is 3. The molecule has 0 bridgehead atoms. The summed E-state index contributed by atoms with van der Waals surface area (Å²) in [6, 6.07) is 1.87. The summed E-state index contributed by atoms with van der Waals surface area (Å²) >= 11 is 4.82. The average molecular weight is 178 g/mol. The van der Waals surface area contributed by atoms with Crippen LogP contribution in [0.2, 0.25) is 0 Å². The Morgan fingerprint density at radius 3 is 3.17 bits per heavy atom. The second-order valence-electron chi connectivity index (χ2n) is 2.33. The Kier molecular flexibility index (Phi) is 1.51. The van der Waals surface area contributed by atoms with Gasteiger partial charge in [-0.3, -0.25) is 4.57 Å². The molecule has 0 aromatic carbocycles. The highest BCUT2D eigenvalue weighted by Gasteiger charge is 2.01. The fraction of sp³-hybridized carbons (Fsp3) is 0. The molecule has 0 saturated carbocycles. The predicted molar refractivity (Wildman–Crippen MR) is 49.7 cm³/mol. The van der Waals surface area contributed by atoms with Crippen LogP contribution in [-0.4, -0.2) is 19.6 Å². The van der Waals surface area contributed by atoms with E-state index in [1.807, 2.05) is 6.07 Å². The highest BCUT2D eigenvalue weighted by atomic mass is 32.1. The van der Waals surface area contributed by atoms with Crippen molar-refractivity contribution in [2.45, 2.75) is 0 Å². The van der Waals surface area contributed by atoms with Crippen molar-refractivity contribution in [3.63, 3.8) is 0 Å². The van der Waals surface area contributed by atoms with E-state index in [4.69, 9.17) is 18.0 Å². The first kappa shape index (κ1) is 7.17. The molecule has 0 aliphatic rings. The molecule has 2 heterocycles. The van der Waals surface area contributed by atoms with Gasteiger partial charge in [0.2, 0.25) is 0 Å². The Morgan fingerprint density at radius 2 is 2.42 bits per heavy atom. The van der Waals surface area contributed by atoms with E-state index in [0.29, 0.717) is 5.11 Å². The van der Waals surface area contributed by atoms with Crippen LogP contribution < -0.4 is 5.73 Å². The van der Waals surface area contributed by atoms with Gasteiger partial charge in [-0.2, -0.15) is 0 Å². The number of fused-ring (bicyclic) bond motifs is 1. The predicted octanol–water partition coefficient (Wildman–Crippen LogP) is 0.523. The monoisotopic (exact) mass is 178 g/mol. The molecule has 0 aliphatic heterocycles. The third kappa shape index (κ3) is 0.947. The molecule has 12 heavy (non-hydrogen) atoms. The van der Waals surface area contributed by atoms with Gasteiger partial charge in [-0.05, 0) is 18.3 Å². The minimum absolute atomic E-state index is 0.295. The summed E-state index contributed by atoms with van der Waals surface area (Å²) < 4.78 is 1.65. The fourth-order valence-electron chi connectivity index (χ4n) is 1.06. The first-order valence-electron chi connectivity index (χ1n) is 3.36. The number of nitrogens with zero attached hydrogens (tertiary/aromatic N) is 3. The second kappa shape index (κ2) is 2.53. The van der Waals surface area contributed by atoms with E-state index >= 15 is 0 Å². The highest BCUT2D eigenvalue weighted by molar-refractivity contribution is 7.80. The van der Waals surface area contributed by atoms with Crippen LogP contribution in [0, 0.1) is 0 Å². The van der Waals surface area contributed by atoms with Gasteiger partial charge in [-0.1, -0.05) is 0 Å². The van der Waals surface area contributed by atoms with Crippen LogP contribution in [0.1, 0.15) is 0 Å². The SMILES string of the molecule is NC(=S)n1ccc2cncnc21. The zero-order valence-electron chi connectivity index (χ0n) is 6.14. The molecule has 2 aromatic heterocycles. The molecule has 0 fully saturated rings. The summed E-state index contributed by atoms with van der Waals surface area (Å²) in [5, 5.41) is 1.23. The molecule has 0 radical (unpaired) electrons. The molecule has 2 N–H and O–H groups in total. The molecular weight excluding hydrogens is 172 g/mol. The average Bonchev–Trinajstić information content (AvgIpc) is 2.47. The summed E-state index contributed by atoms with van der Waals surface area (Å²) in [4.78, 5) is 7.92. The normalized spacial score (nSPS) is 10.3. The lowest BCUT2D eigenvalue weighted by atomic mass is 10.4. The number of hydrogen-bond donors (Lipinski definition) is 1. The van der Waals surface area contributed by atoms with Crippen molar-refractivity contribution in [2.24, 2.45) is 5.73 Å². The number of thiocarbonyl (C=S) groups is 1. The largest absolute Gasteiger partial charge is 0.376 e. The van der Waals surface area contributed by atoms with Crippen molar-refractivity contribution in [3.8, 4) is 0 Å². The van der Waals surface area contributed by atoms with Crippen molar-refractivity contribution in [1.29, 1.82) is 0 Å². The van der Waals surface area contributed by atoms with Crippen LogP contribution in [0.4, 0.5) is 0 Å². The van der Waals surface area contributed by atoms with E-state index in [9.17, 15) is 0 Å². The fourth-order valence-corrected chi connectivity index (χ4v) is 1.20. The Balaban J connectivity index is 2.79. The first-order valence-corrected chi connectivity index (χ1v) is 3.77. The van der Waals surface area contributed by atoms with Gasteiger partial charge in [0.05, 0.1) is 0 Å². The second-order valence-corrected chi connectivity index (χ2v) is 2.74. The lowest BCUT2D eigenvalue weighted by molar-refractivity contribution is 1.13. The Hall–Kier alpha value is -1.49. The number of rotatable bonds is 0. The molecule has 0 saturated heterocycles. The molecule has 2 rings (SSSR count). The van der Waals surface area contributed by atoms with E-state index in [1.165, 1.54) is 6.33 Å². The van der Waals surface area contributed by atoms with Crippen molar-refractivity contribution < 1.29 is 0 Å². The zero-order chi connectivity index (χ0) is 8.55. The summed E-state index contributed by atoms with van der Waals surface area (Å²) in [7, 11) is 0. The van der Waals surface area contributed by atoms with Gasteiger partial charge in [0.25, 0.3) is 0 Å².